The Labute approximate surface area is 98.8 Å². The van der Waals surface area contributed by atoms with Crippen molar-refractivity contribution in [3.05, 3.63) is 16.6 Å². The quantitative estimate of drug-likeness (QED) is 0.625. The van der Waals surface area contributed by atoms with Gasteiger partial charge >= 0.3 is 0 Å². The normalized spacial score (nSPS) is 28.1. The van der Waals surface area contributed by atoms with E-state index in [-0.39, 0.29) is 4.75 Å². The summed E-state index contributed by atoms with van der Waals surface area (Å²) in [6, 6.07) is 0.330. The first-order chi connectivity index (χ1) is 7.24. The fourth-order valence-electron chi connectivity index (χ4n) is 2.05. The molecule has 0 aliphatic carbocycles. The molecule has 1 aromatic rings. The zero-order valence-electron chi connectivity index (χ0n) is 8.90. The standard InChI is InChI=1S/C10H17N3S2/c1-10(3-2-5-15-10)8(13-11)7-9-12-4-6-14-9/h4,6,8,13H,2-3,5,7,11H2,1H3. The van der Waals surface area contributed by atoms with Gasteiger partial charge in [-0.15, -0.1) is 11.3 Å². The van der Waals surface area contributed by atoms with Gasteiger partial charge in [0, 0.05) is 28.8 Å². The van der Waals surface area contributed by atoms with Crippen molar-refractivity contribution in [2.75, 3.05) is 5.75 Å². The second kappa shape index (κ2) is 4.82. The summed E-state index contributed by atoms with van der Waals surface area (Å²) in [4.78, 5) is 4.32. The number of hydrazine groups is 1. The van der Waals surface area contributed by atoms with Crippen molar-refractivity contribution in [1.29, 1.82) is 0 Å². The molecule has 2 heterocycles. The lowest BCUT2D eigenvalue weighted by Gasteiger charge is -2.32. The molecule has 0 amide bonds. The van der Waals surface area contributed by atoms with E-state index in [1.807, 2.05) is 23.3 Å². The summed E-state index contributed by atoms with van der Waals surface area (Å²) in [5, 5.41) is 3.19. The first-order valence-corrected chi connectivity index (χ1v) is 7.09. The molecule has 5 heteroatoms. The molecule has 1 saturated heterocycles. The van der Waals surface area contributed by atoms with Crippen LogP contribution in [0.5, 0.6) is 0 Å². The van der Waals surface area contributed by atoms with Gasteiger partial charge in [0.05, 0.1) is 5.01 Å². The minimum atomic E-state index is 0.278. The number of thioether (sulfide) groups is 1. The molecule has 2 atom stereocenters. The Morgan fingerprint density at radius 2 is 2.60 bits per heavy atom. The average molecular weight is 243 g/mol. The lowest BCUT2D eigenvalue weighted by molar-refractivity contribution is 0.405. The van der Waals surface area contributed by atoms with Gasteiger partial charge in [-0.1, -0.05) is 0 Å². The van der Waals surface area contributed by atoms with E-state index < -0.39 is 0 Å². The predicted octanol–water partition coefficient (Wildman–Crippen LogP) is 1.80. The number of nitrogens with zero attached hydrogens (tertiary/aromatic N) is 1. The van der Waals surface area contributed by atoms with E-state index in [1.54, 1.807) is 11.3 Å². The third-order valence-corrected chi connectivity index (χ3v) is 5.49. The van der Waals surface area contributed by atoms with Crippen molar-refractivity contribution in [2.24, 2.45) is 5.84 Å². The first kappa shape index (κ1) is 11.4. The van der Waals surface area contributed by atoms with Crippen LogP contribution < -0.4 is 11.3 Å². The highest BCUT2D eigenvalue weighted by molar-refractivity contribution is 8.00. The van der Waals surface area contributed by atoms with E-state index in [9.17, 15) is 0 Å². The van der Waals surface area contributed by atoms with Crippen LogP contribution in [-0.2, 0) is 6.42 Å². The maximum Gasteiger partial charge on any atom is 0.0941 e. The molecule has 3 N–H and O–H groups in total. The number of nitrogens with two attached hydrogens (primary N) is 1. The van der Waals surface area contributed by atoms with Crippen molar-refractivity contribution < 1.29 is 0 Å². The van der Waals surface area contributed by atoms with Crippen LogP contribution in [0.4, 0.5) is 0 Å². The van der Waals surface area contributed by atoms with Crippen molar-refractivity contribution in [1.82, 2.24) is 10.4 Å². The van der Waals surface area contributed by atoms with Crippen molar-refractivity contribution in [3.63, 3.8) is 0 Å². The van der Waals surface area contributed by atoms with E-state index >= 15 is 0 Å². The highest BCUT2D eigenvalue weighted by atomic mass is 32.2. The van der Waals surface area contributed by atoms with Crippen molar-refractivity contribution >= 4 is 23.1 Å². The Morgan fingerprint density at radius 1 is 1.73 bits per heavy atom. The van der Waals surface area contributed by atoms with Crippen LogP contribution in [0.2, 0.25) is 0 Å². The van der Waals surface area contributed by atoms with Gasteiger partial charge in [-0.25, -0.2) is 4.98 Å². The van der Waals surface area contributed by atoms with Gasteiger partial charge in [0.25, 0.3) is 0 Å². The SMILES string of the molecule is CC1(C(Cc2nccs2)NN)CCCS1. The molecular weight excluding hydrogens is 226 g/mol. The Kier molecular flexibility index (Phi) is 3.66. The lowest BCUT2D eigenvalue weighted by atomic mass is 9.94. The Bertz CT molecular complexity index is 294. The summed E-state index contributed by atoms with van der Waals surface area (Å²) in [6.07, 6.45) is 5.35. The third-order valence-electron chi connectivity index (χ3n) is 3.05. The number of rotatable bonds is 4. The van der Waals surface area contributed by atoms with Gasteiger partial charge < -0.3 is 0 Å². The molecule has 84 valence electrons. The molecule has 1 fully saturated rings. The van der Waals surface area contributed by atoms with Gasteiger partial charge in [-0.3, -0.25) is 11.3 Å². The first-order valence-electron chi connectivity index (χ1n) is 5.23. The van der Waals surface area contributed by atoms with Crippen LogP contribution in [-0.4, -0.2) is 21.5 Å². The number of aromatic nitrogens is 1. The van der Waals surface area contributed by atoms with Crippen molar-refractivity contribution in [2.45, 2.75) is 37.0 Å². The molecule has 0 saturated carbocycles. The molecule has 0 radical (unpaired) electrons. The molecule has 15 heavy (non-hydrogen) atoms. The van der Waals surface area contributed by atoms with Gasteiger partial charge in [0.15, 0.2) is 0 Å². The van der Waals surface area contributed by atoms with Crippen LogP contribution in [0.3, 0.4) is 0 Å². The second-order valence-corrected chi connectivity index (χ2v) is 6.72. The molecule has 1 aromatic heterocycles. The van der Waals surface area contributed by atoms with Gasteiger partial charge in [0.1, 0.15) is 0 Å². The van der Waals surface area contributed by atoms with Gasteiger partial charge in [0.2, 0.25) is 0 Å². The van der Waals surface area contributed by atoms with Crippen LogP contribution >= 0.6 is 23.1 Å². The third kappa shape index (κ3) is 2.53. The fraction of sp³-hybridized carbons (Fsp3) is 0.700. The zero-order valence-corrected chi connectivity index (χ0v) is 10.5. The van der Waals surface area contributed by atoms with E-state index in [1.165, 1.54) is 23.6 Å². The summed E-state index contributed by atoms with van der Waals surface area (Å²) in [5.41, 5.74) is 2.97. The second-order valence-electron chi connectivity index (χ2n) is 4.11. The maximum atomic E-state index is 5.67. The van der Waals surface area contributed by atoms with Gasteiger partial charge in [-0.05, 0) is 25.5 Å². The summed E-state index contributed by atoms with van der Waals surface area (Å²) in [7, 11) is 0. The monoisotopic (exact) mass is 243 g/mol. The highest BCUT2D eigenvalue weighted by Crippen LogP contribution is 2.41. The number of hydrogen-bond donors (Lipinski definition) is 2. The molecule has 1 aliphatic rings. The largest absolute Gasteiger partial charge is 0.271 e. The van der Waals surface area contributed by atoms with E-state index in [2.05, 4.69) is 17.3 Å². The molecule has 0 bridgehead atoms. The van der Waals surface area contributed by atoms with Crippen LogP contribution in [0.1, 0.15) is 24.8 Å². The van der Waals surface area contributed by atoms with E-state index in [4.69, 9.17) is 5.84 Å². The molecule has 0 spiro atoms. The minimum absolute atomic E-state index is 0.278. The molecule has 0 aromatic carbocycles. The van der Waals surface area contributed by atoms with Gasteiger partial charge in [-0.2, -0.15) is 11.8 Å². The van der Waals surface area contributed by atoms with Crippen molar-refractivity contribution in [3.8, 4) is 0 Å². The Morgan fingerprint density at radius 3 is 3.13 bits per heavy atom. The smallest absolute Gasteiger partial charge is 0.0941 e. The summed E-state index contributed by atoms with van der Waals surface area (Å²) in [5.74, 6) is 6.92. The fourth-order valence-corrected chi connectivity index (χ4v) is 4.11. The Balaban J connectivity index is 2.03. The molecule has 2 unspecified atom stereocenters. The number of thiazole rings is 1. The minimum Gasteiger partial charge on any atom is -0.271 e. The van der Waals surface area contributed by atoms with E-state index in [0.717, 1.165) is 6.42 Å². The highest BCUT2D eigenvalue weighted by Gasteiger charge is 2.37. The maximum absolute atomic E-state index is 5.67. The van der Waals surface area contributed by atoms with Crippen LogP contribution in [0, 0.1) is 0 Å². The molecular formula is C10H17N3S2. The van der Waals surface area contributed by atoms with Crippen LogP contribution in [0.25, 0.3) is 0 Å². The molecule has 3 nitrogen and oxygen atoms in total. The zero-order chi connectivity index (χ0) is 10.7. The topological polar surface area (TPSA) is 50.9 Å². The summed E-state index contributed by atoms with van der Waals surface area (Å²) < 4.78 is 0.278. The van der Waals surface area contributed by atoms with Crippen LogP contribution in [0.15, 0.2) is 11.6 Å². The summed E-state index contributed by atoms with van der Waals surface area (Å²) in [6.45, 7) is 2.31. The van der Waals surface area contributed by atoms with E-state index in [0.29, 0.717) is 6.04 Å². The predicted molar refractivity (Wildman–Crippen MR) is 67.0 cm³/mol. The average Bonchev–Trinajstić information content (AvgIpc) is 2.85. The molecule has 2 rings (SSSR count). The number of hydrogen-bond acceptors (Lipinski definition) is 5. The number of nitrogens with one attached hydrogen (secondary N) is 1. The lowest BCUT2D eigenvalue weighted by Crippen LogP contribution is -2.49. The summed E-state index contributed by atoms with van der Waals surface area (Å²) >= 11 is 3.74. The molecule has 1 aliphatic heterocycles. The Hall–Kier alpha value is -0.100.